The molecule has 0 saturated carbocycles. The molecule has 0 aromatic heterocycles. The summed E-state index contributed by atoms with van der Waals surface area (Å²) in [5.41, 5.74) is 3.16. The van der Waals surface area contributed by atoms with Crippen LogP contribution in [0, 0.1) is 6.92 Å². The van der Waals surface area contributed by atoms with Gasteiger partial charge in [0, 0.05) is 16.8 Å². The van der Waals surface area contributed by atoms with Crippen LogP contribution in [0.2, 0.25) is 0 Å². The second-order valence-electron chi connectivity index (χ2n) is 7.16. The number of hydrogen-bond donors (Lipinski definition) is 1. The molecule has 1 heterocycles. The Hall–Kier alpha value is -3.99. The Morgan fingerprint density at radius 2 is 1.53 bits per heavy atom. The van der Waals surface area contributed by atoms with E-state index in [9.17, 15) is 19.5 Å². The van der Waals surface area contributed by atoms with Gasteiger partial charge in [-0.2, -0.15) is 0 Å². The first-order valence-electron chi connectivity index (χ1n) is 9.49. The van der Waals surface area contributed by atoms with Gasteiger partial charge >= 0.3 is 0 Å². The fourth-order valence-corrected chi connectivity index (χ4v) is 3.63. The maximum Gasteiger partial charge on any atom is 0.300 e. The maximum absolute atomic E-state index is 13.0. The van der Waals surface area contributed by atoms with Crippen LogP contribution in [-0.4, -0.2) is 23.1 Å². The fourth-order valence-electron chi connectivity index (χ4n) is 3.63. The average Bonchev–Trinajstić information content (AvgIpc) is 3.05. The van der Waals surface area contributed by atoms with Crippen LogP contribution in [0.15, 0.2) is 84.4 Å². The van der Waals surface area contributed by atoms with Crippen LogP contribution in [0.4, 0.5) is 5.69 Å². The minimum atomic E-state index is -0.783. The molecule has 1 aliphatic rings. The molecular weight excluding hydrogens is 378 g/mol. The fraction of sp³-hybridized carbons (Fsp3) is 0.0800. The van der Waals surface area contributed by atoms with E-state index in [-0.39, 0.29) is 11.3 Å². The highest BCUT2D eigenvalue weighted by Gasteiger charge is 2.46. The van der Waals surface area contributed by atoms with Crippen LogP contribution >= 0.6 is 0 Å². The van der Waals surface area contributed by atoms with Crippen LogP contribution in [0.5, 0.6) is 0 Å². The van der Waals surface area contributed by atoms with E-state index < -0.39 is 17.7 Å². The number of nitrogens with zero attached hydrogens (tertiary/aromatic N) is 1. The summed E-state index contributed by atoms with van der Waals surface area (Å²) in [5, 5.41) is 11.0. The molecule has 1 saturated heterocycles. The normalized spacial score (nSPS) is 17.9. The average molecular weight is 397 g/mol. The van der Waals surface area contributed by atoms with Crippen molar-refractivity contribution in [3.05, 3.63) is 107 Å². The van der Waals surface area contributed by atoms with Crippen molar-refractivity contribution in [2.75, 3.05) is 4.90 Å². The monoisotopic (exact) mass is 397 g/mol. The molecule has 0 aliphatic carbocycles. The number of aliphatic hydroxyl groups is 1. The van der Waals surface area contributed by atoms with Crippen molar-refractivity contribution >= 4 is 29.4 Å². The smallest absolute Gasteiger partial charge is 0.300 e. The minimum absolute atomic E-state index is 0.0366. The van der Waals surface area contributed by atoms with Gasteiger partial charge in [-0.1, -0.05) is 60.2 Å². The van der Waals surface area contributed by atoms with E-state index in [1.165, 1.54) is 4.90 Å². The first kappa shape index (κ1) is 19.3. The lowest BCUT2D eigenvalue weighted by Gasteiger charge is -2.25. The largest absolute Gasteiger partial charge is 0.507 e. The van der Waals surface area contributed by atoms with Gasteiger partial charge in [0.25, 0.3) is 11.7 Å². The topological polar surface area (TPSA) is 74.7 Å². The molecule has 1 aliphatic heterocycles. The molecule has 3 aromatic rings. The highest BCUT2D eigenvalue weighted by Crippen LogP contribution is 2.42. The Morgan fingerprint density at radius 3 is 2.13 bits per heavy atom. The van der Waals surface area contributed by atoms with Crippen molar-refractivity contribution < 1.29 is 19.5 Å². The van der Waals surface area contributed by atoms with Crippen molar-refractivity contribution in [2.24, 2.45) is 0 Å². The molecule has 0 spiro atoms. The van der Waals surface area contributed by atoms with E-state index >= 15 is 0 Å². The predicted molar refractivity (Wildman–Crippen MR) is 114 cm³/mol. The van der Waals surface area contributed by atoms with Gasteiger partial charge in [0.1, 0.15) is 12.0 Å². The third-order valence-corrected chi connectivity index (χ3v) is 5.19. The Kier molecular flexibility index (Phi) is 5.02. The molecule has 0 bridgehead atoms. The number of benzene rings is 3. The number of hydrogen-bond acceptors (Lipinski definition) is 4. The summed E-state index contributed by atoms with van der Waals surface area (Å²) in [7, 11) is 0. The molecule has 5 heteroatoms. The van der Waals surface area contributed by atoms with Crippen molar-refractivity contribution in [3.8, 4) is 0 Å². The maximum atomic E-state index is 13.0. The highest BCUT2D eigenvalue weighted by atomic mass is 16.3. The number of carbonyl (C=O) groups excluding carboxylic acids is 3. The zero-order chi connectivity index (χ0) is 21.3. The molecule has 3 aromatic carbocycles. The second kappa shape index (κ2) is 7.79. The van der Waals surface area contributed by atoms with E-state index in [2.05, 4.69) is 0 Å². The summed E-state index contributed by atoms with van der Waals surface area (Å²) in [6.07, 6.45) is 0.712. The van der Waals surface area contributed by atoms with Crippen LogP contribution in [-0.2, 0) is 9.59 Å². The number of aliphatic hydroxyl groups excluding tert-OH is 1. The van der Waals surface area contributed by atoms with Crippen molar-refractivity contribution in [1.82, 2.24) is 0 Å². The molecule has 1 unspecified atom stereocenters. The first-order chi connectivity index (χ1) is 14.5. The van der Waals surface area contributed by atoms with Crippen LogP contribution in [0.3, 0.4) is 0 Å². The Morgan fingerprint density at radius 1 is 0.900 bits per heavy atom. The van der Waals surface area contributed by atoms with Crippen molar-refractivity contribution in [1.29, 1.82) is 0 Å². The van der Waals surface area contributed by atoms with Crippen LogP contribution < -0.4 is 4.90 Å². The lowest BCUT2D eigenvalue weighted by molar-refractivity contribution is -0.132. The molecule has 5 nitrogen and oxygen atoms in total. The van der Waals surface area contributed by atoms with E-state index in [0.29, 0.717) is 28.7 Å². The molecule has 0 radical (unpaired) electrons. The summed E-state index contributed by atoms with van der Waals surface area (Å²) < 4.78 is 0. The van der Waals surface area contributed by atoms with Gasteiger partial charge in [-0.3, -0.25) is 19.3 Å². The number of anilines is 1. The Bertz CT molecular complexity index is 1150. The van der Waals surface area contributed by atoms with Gasteiger partial charge in [0.15, 0.2) is 0 Å². The second-order valence-corrected chi connectivity index (χ2v) is 7.16. The Labute approximate surface area is 173 Å². The van der Waals surface area contributed by atoms with Crippen LogP contribution in [0.1, 0.15) is 33.1 Å². The number of Topliss-reactive ketones (excluding diaryl/α,β-unsaturated/α-hetero) is 1. The summed E-state index contributed by atoms with van der Waals surface area (Å²) >= 11 is 0. The lowest BCUT2D eigenvalue weighted by atomic mass is 9.95. The molecule has 148 valence electrons. The molecule has 1 amide bonds. The standard InChI is InChI=1S/C25H19NO4/c1-16-7-11-19(12-8-16)23(28)21-22(18-5-3-2-4-6-18)26(25(30)24(21)29)20-13-9-17(15-27)10-14-20/h2-15,22,28H,1H3. The predicted octanol–water partition coefficient (Wildman–Crippen LogP) is 4.43. The van der Waals surface area contributed by atoms with Gasteiger partial charge in [0.05, 0.1) is 11.6 Å². The van der Waals surface area contributed by atoms with Gasteiger partial charge in [0.2, 0.25) is 0 Å². The third-order valence-electron chi connectivity index (χ3n) is 5.19. The molecular formula is C25H19NO4. The summed E-state index contributed by atoms with van der Waals surface area (Å²) in [6.45, 7) is 1.93. The minimum Gasteiger partial charge on any atom is -0.507 e. The molecule has 1 N–H and O–H groups in total. The van der Waals surface area contributed by atoms with E-state index in [0.717, 1.165) is 5.56 Å². The zero-order valence-electron chi connectivity index (χ0n) is 16.3. The third kappa shape index (κ3) is 3.31. The SMILES string of the molecule is Cc1ccc(C(O)=C2C(=O)C(=O)N(c3ccc(C=O)cc3)C2c2ccccc2)cc1. The quantitative estimate of drug-likeness (QED) is 0.306. The molecule has 4 rings (SSSR count). The van der Waals surface area contributed by atoms with E-state index in [1.54, 1.807) is 36.4 Å². The van der Waals surface area contributed by atoms with Gasteiger partial charge in [-0.15, -0.1) is 0 Å². The summed E-state index contributed by atoms with van der Waals surface area (Å²) in [5.74, 6) is -1.69. The zero-order valence-corrected chi connectivity index (χ0v) is 16.3. The van der Waals surface area contributed by atoms with E-state index in [1.807, 2.05) is 49.4 Å². The van der Waals surface area contributed by atoms with Gasteiger partial charge < -0.3 is 5.11 Å². The number of amides is 1. The molecule has 1 atom stereocenters. The summed E-state index contributed by atoms with van der Waals surface area (Å²) in [6, 6.07) is 21.8. The first-order valence-corrected chi connectivity index (χ1v) is 9.49. The summed E-state index contributed by atoms with van der Waals surface area (Å²) in [4.78, 5) is 38.4. The molecule has 1 fully saturated rings. The lowest BCUT2D eigenvalue weighted by Crippen LogP contribution is -2.29. The number of aryl methyl sites for hydroxylation is 1. The van der Waals surface area contributed by atoms with Gasteiger partial charge in [-0.05, 0) is 36.8 Å². The van der Waals surface area contributed by atoms with Crippen molar-refractivity contribution in [3.63, 3.8) is 0 Å². The number of aldehydes is 1. The highest BCUT2D eigenvalue weighted by molar-refractivity contribution is 6.51. The number of carbonyl (C=O) groups is 3. The van der Waals surface area contributed by atoms with Gasteiger partial charge in [-0.25, -0.2) is 0 Å². The van der Waals surface area contributed by atoms with Crippen LogP contribution in [0.25, 0.3) is 5.76 Å². The number of ketones is 1. The Balaban J connectivity index is 1.91. The number of rotatable bonds is 4. The molecule has 30 heavy (non-hydrogen) atoms. The van der Waals surface area contributed by atoms with Crippen molar-refractivity contribution in [2.45, 2.75) is 13.0 Å². The van der Waals surface area contributed by atoms with E-state index in [4.69, 9.17) is 0 Å².